The first-order valence-electron chi connectivity index (χ1n) is 5.83. The first-order valence-corrected chi connectivity index (χ1v) is 5.83. The topological polar surface area (TPSA) is 75.8 Å². The molecular formula is C11H22N2O3. The van der Waals surface area contributed by atoms with Gasteiger partial charge in [-0.2, -0.15) is 0 Å². The average Bonchev–Trinajstić information content (AvgIpc) is 2.70. The number of hydrogen-bond donors (Lipinski definition) is 2. The van der Waals surface area contributed by atoms with Gasteiger partial charge in [0.2, 0.25) is 5.91 Å². The van der Waals surface area contributed by atoms with Gasteiger partial charge >= 0.3 is 0 Å². The van der Waals surface area contributed by atoms with Gasteiger partial charge in [-0.25, -0.2) is 0 Å². The Hall–Kier alpha value is -0.650. The van der Waals surface area contributed by atoms with Crippen LogP contribution in [0.4, 0.5) is 0 Å². The van der Waals surface area contributed by atoms with E-state index in [0.29, 0.717) is 19.7 Å². The average molecular weight is 230 g/mol. The van der Waals surface area contributed by atoms with Crippen molar-refractivity contribution in [3.63, 3.8) is 0 Å². The van der Waals surface area contributed by atoms with Crippen LogP contribution in [0.5, 0.6) is 0 Å². The van der Waals surface area contributed by atoms with E-state index in [-0.39, 0.29) is 24.5 Å². The zero-order chi connectivity index (χ0) is 12.0. The summed E-state index contributed by atoms with van der Waals surface area (Å²) in [6.45, 7) is 1.42. The van der Waals surface area contributed by atoms with E-state index in [2.05, 4.69) is 0 Å². The molecule has 2 unspecified atom stereocenters. The van der Waals surface area contributed by atoms with Crippen molar-refractivity contribution in [1.29, 1.82) is 0 Å². The van der Waals surface area contributed by atoms with Crippen LogP contribution in [0.15, 0.2) is 0 Å². The van der Waals surface area contributed by atoms with Crippen molar-refractivity contribution in [2.75, 3.05) is 33.4 Å². The van der Waals surface area contributed by atoms with Crippen LogP contribution in [0.1, 0.15) is 19.3 Å². The second-order valence-electron chi connectivity index (χ2n) is 4.31. The number of ether oxygens (including phenoxy) is 1. The van der Waals surface area contributed by atoms with Gasteiger partial charge in [0.25, 0.3) is 0 Å². The van der Waals surface area contributed by atoms with Crippen LogP contribution >= 0.6 is 0 Å². The Balaban J connectivity index is 2.45. The molecule has 0 radical (unpaired) electrons. The highest BCUT2D eigenvalue weighted by Crippen LogP contribution is 2.25. The predicted octanol–water partition coefficient (Wildman–Crippen LogP) is -0.419. The van der Waals surface area contributed by atoms with Crippen molar-refractivity contribution in [1.82, 2.24) is 4.90 Å². The lowest BCUT2D eigenvalue weighted by Gasteiger charge is -2.24. The Labute approximate surface area is 96.6 Å². The zero-order valence-corrected chi connectivity index (χ0v) is 9.89. The maximum atomic E-state index is 12.1. The van der Waals surface area contributed by atoms with Crippen LogP contribution in [-0.2, 0) is 9.53 Å². The number of hydrogen-bond acceptors (Lipinski definition) is 4. The molecule has 94 valence electrons. The van der Waals surface area contributed by atoms with E-state index in [9.17, 15) is 4.79 Å². The van der Waals surface area contributed by atoms with Crippen molar-refractivity contribution in [2.24, 2.45) is 11.7 Å². The number of rotatable bonds is 6. The molecule has 0 aromatic rings. The van der Waals surface area contributed by atoms with Gasteiger partial charge < -0.3 is 20.5 Å². The molecule has 0 aromatic carbocycles. The van der Waals surface area contributed by atoms with Gasteiger partial charge in [0.15, 0.2) is 0 Å². The van der Waals surface area contributed by atoms with Crippen LogP contribution in [0.3, 0.4) is 0 Å². The Morgan fingerprint density at radius 2 is 2.25 bits per heavy atom. The fourth-order valence-corrected chi connectivity index (χ4v) is 2.15. The number of nitrogens with zero attached hydrogens (tertiary/aromatic N) is 1. The van der Waals surface area contributed by atoms with Crippen molar-refractivity contribution in [3.05, 3.63) is 0 Å². The van der Waals surface area contributed by atoms with Gasteiger partial charge in [-0.1, -0.05) is 0 Å². The summed E-state index contributed by atoms with van der Waals surface area (Å²) in [5, 5.41) is 8.92. The number of aliphatic hydroxyl groups excluding tert-OH is 1. The second kappa shape index (κ2) is 6.83. The highest BCUT2D eigenvalue weighted by molar-refractivity contribution is 5.79. The third kappa shape index (κ3) is 3.73. The summed E-state index contributed by atoms with van der Waals surface area (Å²) in [5.41, 5.74) is 5.79. The molecule has 1 fully saturated rings. The zero-order valence-electron chi connectivity index (χ0n) is 9.89. The van der Waals surface area contributed by atoms with Crippen molar-refractivity contribution < 1.29 is 14.6 Å². The Kier molecular flexibility index (Phi) is 5.73. The van der Waals surface area contributed by atoms with Gasteiger partial charge in [-0.3, -0.25) is 4.79 Å². The fraction of sp³-hybridized carbons (Fsp3) is 0.909. The summed E-state index contributed by atoms with van der Waals surface area (Å²) in [7, 11) is 1.60. The monoisotopic (exact) mass is 230 g/mol. The number of methoxy groups -OCH3 is 1. The molecule has 1 aliphatic carbocycles. The fourth-order valence-electron chi connectivity index (χ4n) is 2.15. The summed E-state index contributed by atoms with van der Waals surface area (Å²) >= 11 is 0. The van der Waals surface area contributed by atoms with Gasteiger partial charge in [0.05, 0.1) is 13.2 Å². The van der Waals surface area contributed by atoms with Gasteiger partial charge in [0, 0.05) is 32.2 Å². The molecule has 0 saturated heterocycles. The molecule has 2 atom stereocenters. The third-order valence-corrected chi connectivity index (χ3v) is 3.07. The molecule has 0 aliphatic heterocycles. The molecular weight excluding hydrogens is 208 g/mol. The van der Waals surface area contributed by atoms with Crippen molar-refractivity contribution >= 4 is 5.91 Å². The Morgan fingerprint density at radius 1 is 1.50 bits per heavy atom. The molecule has 0 aromatic heterocycles. The minimum absolute atomic E-state index is 0.00573. The molecule has 1 amide bonds. The lowest BCUT2D eigenvalue weighted by molar-refractivity contribution is -0.136. The Morgan fingerprint density at radius 3 is 2.75 bits per heavy atom. The number of carbonyl (C=O) groups is 1. The highest BCUT2D eigenvalue weighted by atomic mass is 16.5. The van der Waals surface area contributed by atoms with Crippen LogP contribution in [-0.4, -0.2) is 55.4 Å². The van der Waals surface area contributed by atoms with Crippen LogP contribution < -0.4 is 5.73 Å². The number of aliphatic hydroxyl groups is 1. The first-order chi connectivity index (χ1) is 7.69. The molecule has 1 saturated carbocycles. The molecule has 1 rings (SSSR count). The standard InChI is InChI=1S/C11H22N2O3/c1-16-7-5-13(4-6-14)11(15)9-2-3-10(12)8-9/h9-10,14H,2-8,12H2,1H3. The molecule has 5 heteroatoms. The SMILES string of the molecule is COCCN(CCO)C(=O)C1CCC(N)C1. The molecule has 0 spiro atoms. The molecule has 0 heterocycles. The summed E-state index contributed by atoms with van der Waals surface area (Å²) in [6, 6.07) is 0.160. The van der Waals surface area contributed by atoms with E-state index in [1.807, 2.05) is 0 Å². The molecule has 1 aliphatic rings. The maximum absolute atomic E-state index is 12.1. The first kappa shape index (κ1) is 13.4. The van der Waals surface area contributed by atoms with E-state index in [0.717, 1.165) is 19.3 Å². The van der Waals surface area contributed by atoms with Gasteiger partial charge in [-0.05, 0) is 19.3 Å². The third-order valence-electron chi connectivity index (χ3n) is 3.07. The van der Waals surface area contributed by atoms with E-state index in [1.54, 1.807) is 12.0 Å². The summed E-state index contributed by atoms with van der Waals surface area (Å²) in [5.74, 6) is 0.150. The van der Waals surface area contributed by atoms with E-state index >= 15 is 0 Å². The van der Waals surface area contributed by atoms with Crippen molar-refractivity contribution in [2.45, 2.75) is 25.3 Å². The summed E-state index contributed by atoms with van der Waals surface area (Å²) in [4.78, 5) is 13.8. The molecule has 0 bridgehead atoms. The second-order valence-corrected chi connectivity index (χ2v) is 4.31. The van der Waals surface area contributed by atoms with Crippen LogP contribution in [0, 0.1) is 5.92 Å². The van der Waals surface area contributed by atoms with E-state index in [4.69, 9.17) is 15.6 Å². The minimum atomic E-state index is -0.00573. The predicted molar refractivity (Wildman–Crippen MR) is 60.9 cm³/mol. The minimum Gasteiger partial charge on any atom is -0.395 e. The van der Waals surface area contributed by atoms with Gasteiger partial charge in [0.1, 0.15) is 0 Å². The smallest absolute Gasteiger partial charge is 0.225 e. The van der Waals surface area contributed by atoms with E-state index in [1.165, 1.54) is 0 Å². The van der Waals surface area contributed by atoms with Crippen molar-refractivity contribution in [3.8, 4) is 0 Å². The van der Waals surface area contributed by atoms with Crippen LogP contribution in [0.2, 0.25) is 0 Å². The summed E-state index contributed by atoms with van der Waals surface area (Å²) < 4.78 is 4.95. The molecule has 16 heavy (non-hydrogen) atoms. The summed E-state index contributed by atoms with van der Waals surface area (Å²) in [6.07, 6.45) is 2.57. The maximum Gasteiger partial charge on any atom is 0.225 e. The lowest BCUT2D eigenvalue weighted by atomic mass is 10.1. The van der Waals surface area contributed by atoms with Gasteiger partial charge in [-0.15, -0.1) is 0 Å². The molecule has 3 N–H and O–H groups in total. The Bertz CT molecular complexity index is 223. The lowest BCUT2D eigenvalue weighted by Crippen LogP contribution is -2.39. The quantitative estimate of drug-likeness (QED) is 0.650. The van der Waals surface area contributed by atoms with Crippen LogP contribution in [0.25, 0.3) is 0 Å². The largest absolute Gasteiger partial charge is 0.395 e. The number of amides is 1. The normalized spacial score (nSPS) is 24.7. The highest BCUT2D eigenvalue weighted by Gasteiger charge is 2.30. The van der Waals surface area contributed by atoms with E-state index < -0.39 is 0 Å². The number of nitrogens with two attached hydrogens (primary N) is 1. The number of carbonyl (C=O) groups excluding carboxylic acids is 1. The molecule has 5 nitrogen and oxygen atoms in total.